The Morgan fingerprint density at radius 3 is 2.43 bits per heavy atom. The van der Waals surface area contributed by atoms with Crippen LogP contribution in [0, 0.1) is 0 Å². The molecule has 4 nitrogen and oxygen atoms in total. The van der Waals surface area contributed by atoms with Gasteiger partial charge in [0.1, 0.15) is 0 Å². The number of hydrogen-bond acceptors (Lipinski definition) is 3. The third-order valence-corrected chi connectivity index (χ3v) is 2.38. The van der Waals surface area contributed by atoms with Gasteiger partial charge in [-0.25, -0.2) is 0 Å². The van der Waals surface area contributed by atoms with Gasteiger partial charge in [-0.2, -0.15) is 0 Å². The van der Waals surface area contributed by atoms with E-state index in [4.69, 9.17) is 10.8 Å². The Labute approximate surface area is 88.9 Å². The highest BCUT2D eigenvalue weighted by atomic mass is 79.9. The van der Waals surface area contributed by atoms with Gasteiger partial charge < -0.3 is 10.8 Å². The molecule has 0 fully saturated rings. The van der Waals surface area contributed by atoms with Crippen molar-refractivity contribution in [2.75, 3.05) is 0 Å². The van der Waals surface area contributed by atoms with Crippen molar-refractivity contribution in [1.29, 1.82) is 0 Å². The number of aliphatic carboxylic acids is 1. The molecule has 0 bridgehead atoms. The molecular weight excluding hydrogens is 250 g/mol. The number of carbonyl (C=O) groups is 2. The van der Waals surface area contributed by atoms with Crippen LogP contribution in [0.25, 0.3) is 0 Å². The van der Waals surface area contributed by atoms with E-state index in [1.54, 1.807) is 18.2 Å². The van der Waals surface area contributed by atoms with Gasteiger partial charge in [0.25, 0.3) is 0 Å². The zero-order valence-corrected chi connectivity index (χ0v) is 8.69. The van der Waals surface area contributed by atoms with E-state index >= 15 is 0 Å². The Morgan fingerprint density at radius 1 is 1.36 bits per heavy atom. The Bertz CT molecular complexity index is 378. The van der Waals surface area contributed by atoms with E-state index in [-0.39, 0.29) is 5.56 Å². The molecule has 0 heterocycles. The van der Waals surface area contributed by atoms with Crippen molar-refractivity contribution in [2.45, 2.75) is 6.04 Å². The van der Waals surface area contributed by atoms with Crippen LogP contribution >= 0.6 is 15.9 Å². The van der Waals surface area contributed by atoms with Gasteiger partial charge >= 0.3 is 5.97 Å². The molecule has 0 aliphatic rings. The summed E-state index contributed by atoms with van der Waals surface area (Å²) in [5.74, 6) is -1.93. The second kappa shape index (κ2) is 4.34. The van der Waals surface area contributed by atoms with Crippen molar-refractivity contribution in [2.24, 2.45) is 5.73 Å². The van der Waals surface area contributed by atoms with Gasteiger partial charge in [-0.15, -0.1) is 0 Å². The van der Waals surface area contributed by atoms with Crippen LogP contribution in [0.1, 0.15) is 10.4 Å². The van der Waals surface area contributed by atoms with Gasteiger partial charge in [-0.3, -0.25) is 9.59 Å². The highest BCUT2D eigenvalue weighted by Gasteiger charge is 2.23. The summed E-state index contributed by atoms with van der Waals surface area (Å²) in [5.41, 5.74) is 5.47. The lowest BCUT2D eigenvalue weighted by Gasteiger charge is -2.06. The van der Waals surface area contributed by atoms with Crippen LogP contribution in [-0.4, -0.2) is 22.9 Å². The fourth-order valence-corrected chi connectivity index (χ4v) is 1.42. The number of ketones is 1. The average Bonchev–Trinajstić information content (AvgIpc) is 2.16. The van der Waals surface area contributed by atoms with Crippen molar-refractivity contribution >= 4 is 27.7 Å². The fourth-order valence-electron chi connectivity index (χ4n) is 0.941. The molecule has 1 aromatic carbocycles. The average molecular weight is 258 g/mol. The molecule has 1 aromatic rings. The molecule has 0 aliphatic heterocycles. The molecule has 0 saturated heterocycles. The molecule has 3 N–H and O–H groups in total. The van der Waals surface area contributed by atoms with Crippen LogP contribution < -0.4 is 5.73 Å². The number of nitrogens with two attached hydrogens (primary N) is 1. The minimum absolute atomic E-state index is 0.280. The number of carboxylic acid groups (broad SMARTS) is 1. The van der Waals surface area contributed by atoms with Crippen LogP contribution in [0.5, 0.6) is 0 Å². The Kier molecular flexibility index (Phi) is 3.38. The first-order valence-corrected chi connectivity index (χ1v) is 4.60. The quantitative estimate of drug-likeness (QED) is 0.627. The summed E-state index contributed by atoms with van der Waals surface area (Å²) in [5, 5.41) is 8.54. The smallest absolute Gasteiger partial charge is 0.328 e. The highest BCUT2D eigenvalue weighted by molar-refractivity contribution is 9.10. The number of carbonyl (C=O) groups excluding carboxylic acids is 1. The van der Waals surface area contributed by atoms with Crippen molar-refractivity contribution in [3.05, 3.63) is 34.3 Å². The van der Waals surface area contributed by atoms with E-state index in [1.165, 1.54) is 6.07 Å². The standard InChI is InChI=1S/C9H8BrNO3/c10-6-4-2-1-3-5(6)8(12)7(11)9(13)14/h1-4,7H,11H2,(H,13,14). The molecule has 0 saturated carbocycles. The lowest BCUT2D eigenvalue weighted by molar-refractivity contribution is -0.137. The van der Waals surface area contributed by atoms with Gasteiger partial charge in [-0.05, 0) is 6.07 Å². The zero-order chi connectivity index (χ0) is 10.7. The number of benzene rings is 1. The molecule has 0 aliphatic carbocycles. The number of hydrogen-bond donors (Lipinski definition) is 2. The number of Topliss-reactive ketones (excluding diaryl/α,β-unsaturated/α-hetero) is 1. The van der Waals surface area contributed by atoms with Crippen molar-refractivity contribution in [3.8, 4) is 0 Å². The monoisotopic (exact) mass is 257 g/mol. The minimum atomic E-state index is -1.51. The first-order valence-electron chi connectivity index (χ1n) is 3.81. The van der Waals surface area contributed by atoms with Gasteiger partial charge in [0, 0.05) is 10.0 Å². The summed E-state index contributed by atoms with van der Waals surface area (Å²) in [4.78, 5) is 21.9. The number of carboxylic acids is 1. The van der Waals surface area contributed by atoms with Gasteiger partial charge in [0.2, 0.25) is 0 Å². The molecule has 0 radical (unpaired) electrons. The fraction of sp³-hybridized carbons (Fsp3) is 0.111. The van der Waals surface area contributed by atoms with E-state index in [2.05, 4.69) is 15.9 Å². The third-order valence-electron chi connectivity index (χ3n) is 1.69. The van der Waals surface area contributed by atoms with Gasteiger partial charge in [0.05, 0.1) is 0 Å². The summed E-state index contributed by atoms with van der Waals surface area (Å²) in [6.07, 6.45) is 0. The Morgan fingerprint density at radius 2 is 1.93 bits per heavy atom. The van der Waals surface area contributed by atoms with Crippen LogP contribution in [0.3, 0.4) is 0 Å². The van der Waals surface area contributed by atoms with Crippen LogP contribution in [-0.2, 0) is 4.79 Å². The third kappa shape index (κ3) is 2.18. The van der Waals surface area contributed by atoms with E-state index < -0.39 is 17.8 Å². The Balaban J connectivity index is 3.01. The molecule has 0 aromatic heterocycles. The molecule has 0 amide bonds. The number of rotatable bonds is 3. The van der Waals surface area contributed by atoms with E-state index in [0.717, 1.165) is 0 Å². The normalized spacial score (nSPS) is 12.1. The maximum absolute atomic E-state index is 11.5. The highest BCUT2D eigenvalue weighted by Crippen LogP contribution is 2.17. The zero-order valence-electron chi connectivity index (χ0n) is 7.11. The SMILES string of the molecule is NC(C(=O)O)C(=O)c1ccccc1Br. The largest absolute Gasteiger partial charge is 0.480 e. The second-order valence-corrected chi connectivity index (χ2v) is 3.51. The first-order chi connectivity index (χ1) is 6.54. The molecular formula is C9H8BrNO3. The predicted octanol–water partition coefficient (Wildman–Crippen LogP) is 1.04. The van der Waals surface area contributed by atoms with Gasteiger partial charge in [-0.1, -0.05) is 34.1 Å². The summed E-state index contributed by atoms with van der Waals surface area (Å²) < 4.78 is 0.543. The van der Waals surface area contributed by atoms with E-state index in [9.17, 15) is 9.59 Å². The van der Waals surface area contributed by atoms with Gasteiger partial charge in [0.15, 0.2) is 11.8 Å². The van der Waals surface area contributed by atoms with E-state index in [0.29, 0.717) is 4.47 Å². The lowest BCUT2D eigenvalue weighted by Crippen LogP contribution is -2.38. The maximum atomic E-state index is 11.5. The first kappa shape index (κ1) is 10.9. The topological polar surface area (TPSA) is 80.4 Å². The summed E-state index contributed by atoms with van der Waals surface area (Å²) in [6.45, 7) is 0. The van der Waals surface area contributed by atoms with E-state index in [1.807, 2.05) is 0 Å². The molecule has 1 unspecified atom stereocenters. The van der Waals surface area contributed by atoms with Crippen molar-refractivity contribution in [1.82, 2.24) is 0 Å². The van der Waals surface area contributed by atoms with Crippen LogP contribution in [0.15, 0.2) is 28.7 Å². The van der Waals surface area contributed by atoms with Crippen LogP contribution in [0.4, 0.5) is 0 Å². The molecule has 74 valence electrons. The predicted molar refractivity (Wildman–Crippen MR) is 54.1 cm³/mol. The summed E-state index contributed by atoms with van der Waals surface area (Å²) >= 11 is 3.14. The Hall–Kier alpha value is -1.20. The maximum Gasteiger partial charge on any atom is 0.328 e. The second-order valence-electron chi connectivity index (χ2n) is 2.66. The number of halogens is 1. The molecule has 1 atom stereocenters. The summed E-state index contributed by atoms with van der Waals surface area (Å²) in [6, 6.07) is 5.05. The minimum Gasteiger partial charge on any atom is -0.480 e. The lowest BCUT2D eigenvalue weighted by atomic mass is 10.1. The molecule has 1 rings (SSSR count). The summed E-state index contributed by atoms with van der Waals surface area (Å²) in [7, 11) is 0. The van der Waals surface area contributed by atoms with Crippen LogP contribution in [0.2, 0.25) is 0 Å². The van der Waals surface area contributed by atoms with Crippen molar-refractivity contribution < 1.29 is 14.7 Å². The van der Waals surface area contributed by atoms with Crippen molar-refractivity contribution in [3.63, 3.8) is 0 Å². The molecule has 0 spiro atoms. The molecule has 14 heavy (non-hydrogen) atoms. The molecule has 5 heteroatoms.